The van der Waals surface area contributed by atoms with E-state index in [2.05, 4.69) is 24.1 Å². The Morgan fingerprint density at radius 3 is 2.90 bits per heavy atom. The van der Waals surface area contributed by atoms with Gasteiger partial charge in [0.15, 0.2) is 0 Å². The smallest absolute Gasteiger partial charge is 0.303 e. The Morgan fingerprint density at radius 2 is 2.25 bits per heavy atom. The van der Waals surface area contributed by atoms with Gasteiger partial charge in [-0.15, -0.1) is 0 Å². The van der Waals surface area contributed by atoms with Crippen LogP contribution < -0.4 is 5.32 Å². The van der Waals surface area contributed by atoms with Gasteiger partial charge in [0.05, 0.1) is 0 Å². The zero-order valence-corrected chi connectivity index (χ0v) is 12.0. The Labute approximate surface area is 119 Å². The average Bonchev–Trinajstić information content (AvgIpc) is 2.42. The summed E-state index contributed by atoms with van der Waals surface area (Å²) < 4.78 is 0. The van der Waals surface area contributed by atoms with Crippen molar-refractivity contribution in [3.8, 4) is 6.07 Å². The number of carboxylic acid groups (broad SMARTS) is 1. The molecule has 20 heavy (non-hydrogen) atoms. The Hall–Kier alpha value is -1.93. The van der Waals surface area contributed by atoms with Gasteiger partial charge in [-0.1, -0.05) is 13.8 Å². The maximum Gasteiger partial charge on any atom is 0.303 e. The summed E-state index contributed by atoms with van der Waals surface area (Å²) in [5.74, 6) is -0.744. The van der Waals surface area contributed by atoms with Gasteiger partial charge in [-0.25, -0.2) is 4.98 Å². The quantitative estimate of drug-likeness (QED) is 0.711. The fourth-order valence-electron chi connectivity index (χ4n) is 1.88. The molecule has 0 aliphatic heterocycles. The van der Waals surface area contributed by atoms with Gasteiger partial charge >= 0.3 is 5.97 Å². The number of nitriles is 1. The highest BCUT2D eigenvalue weighted by Crippen LogP contribution is 2.26. The maximum absolute atomic E-state index is 10.6. The summed E-state index contributed by atoms with van der Waals surface area (Å²) in [4.78, 5) is 14.5. The molecule has 0 atom stereocenters. The molecule has 0 radical (unpaired) electrons. The van der Waals surface area contributed by atoms with E-state index in [1.54, 1.807) is 12.3 Å². The van der Waals surface area contributed by atoms with E-state index in [0.29, 0.717) is 18.7 Å². The van der Waals surface area contributed by atoms with Crippen LogP contribution in [-0.2, 0) is 11.3 Å². The van der Waals surface area contributed by atoms with E-state index in [4.69, 9.17) is 10.4 Å². The van der Waals surface area contributed by atoms with Crippen LogP contribution in [0.15, 0.2) is 18.3 Å². The van der Waals surface area contributed by atoms with Crippen LogP contribution in [0.3, 0.4) is 0 Å². The maximum atomic E-state index is 10.6. The molecule has 1 rings (SSSR count). The second-order valence-electron chi connectivity index (χ2n) is 5.65. The molecule has 1 aromatic rings. The number of carbonyl (C=O) groups is 1. The van der Waals surface area contributed by atoms with Crippen LogP contribution in [0.25, 0.3) is 0 Å². The van der Waals surface area contributed by atoms with Crippen molar-refractivity contribution in [3.05, 3.63) is 29.6 Å². The Bertz CT molecular complexity index is 492. The monoisotopic (exact) mass is 275 g/mol. The lowest BCUT2D eigenvalue weighted by atomic mass is 9.84. The minimum absolute atomic E-state index is 0.0153. The summed E-state index contributed by atoms with van der Waals surface area (Å²) in [6.45, 7) is 5.67. The first-order valence-corrected chi connectivity index (χ1v) is 6.70. The van der Waals surface area contributed by atoms with Gasteiger partial charge in [0.25, 0.3) is 0 Å². The lowest BCUT2D eigenvalue weighted by molar-refractivity contribution is -0.137. The Kier molecular flexibility index (Phi) is 6.13. The van der Waals surface area contributed by atoms with Gasteiger partial charge in [-0.2, -0.15) is 5.26 Å². The summed E-state index contributed by atoms with van der Waals surface area (Å²) in [6, 6.07) is 5.66. The van der Waals surface area contributed by atoms with Crippen LogP contribution >= 0.6 is 0 Å². The van der Waals surface area contributed by atoms with Crippen LogP contribution in [0, 0.1) is 16.7 Å². The van der Waals surface area contributed by atoms with Gasteiger partial charge in [-0.3, -0.25) is 4.79 Å². The first kappa shape index (κ1) is 16.1. The predicted molar refractivity (Wildman–Crippen MR) is 75.9 cm³/mol. The molecule has 0 bridgehead atoms. The molecular weight excluding hydrogens is 254 g/mol. The molecule has 0 aliphatic rings. The van der Waals surface area contributed by atoms with Crippen molar-refractivity contribution in [2.45, 2.75) is 39.7 Å². The highest BCUT2D eigenvalue weighted by molar-refractivity contribution is 5.66. The lowest BCUT2D eigenvalue weighted by Crippen LogP contribution is -2.23. The van der Waals surface area contributed by atoms with Crippen LogP contribution in [-0.4, -0.2) is 22.6 Å². The summed E-state index contributed by atoms with van der Waals surface area (Å²) in [7, 11) is 0. The molecule has 0 aromatic carbocycles. The molecule has 0 unspecified atom stereocenters. The van der Waals surface area contributed by atoms with E-state index in [1.807, 2.05) is 12.1 Å². The van der Waals surface area contributed by atoms with E-state index in [0.717, 1.165) is 18.5 Å². The molecule has 1 heterocycles. The zero-order chi connectivity index (χ0) is 15.0. The van der Waals surface area contributed by atoms with Crippen molar-refractivity contribution in [3.63, 3.8) is 0 Å². The van der Waals surface area contributed by atoms with E-state index in [9.17, 15) is 4.79 Å². The molecule has 0 saturated heterocycles. The minimum Gasteiger partial charge on any atom is -0.481 e. The van der Waals surface area contributed by atoms with E-state index >= 15 is 0 Å². The molecule has 5 nitrogen and oxygen atoms in total. The highest BCUT2D eigenvalue weighted by atomic mass is 16.4. The normalized spacial score (nSPS) is 11.1. The minimum atomic E-state index is -0.744. The predicted octanol–water partition coefficient (Wildman–Crippen LogP) is 2.32. The number of hydrogen-bond acceptors (Lipinski definition) is 4. The zero-order valence-electron chi connectivity index (χ0n) is 12.0. The van der Waals surface area contributed by atoms with Crippen molar-refractivity contribution < 1.29 is 9.90 Å². The molecule has 5 heteroatoms. The largest absolute Gasteiger partial charge is 0.481 e. The van der Waals surface area contributed by atoms with Crippen molar-refractivity contribution in [1.29, 1.82) is 5.26 Å². The lowest BCUT2D eigenvalue weighted by Gasteiger charge is -2.23. The van der Waals surface area contributed by atoms with E-state index in [-0.39, 0.29) is 11.8 Å². The number of hydrogen-bond donors (Lipinski definition) is 2. The third-order valence-electron chi connectivity index (χ3n) is 3.26. The van der Waals surface area contributed by atoms with Gasteiger partial charge in [0.2, 0.25) is 0 Å². The third kappa shape index (κ3) is 6.30. The van der Waals surface area contributed by atoms with Gasteiger partial charge in [0, 0.05) is 19.2 Å². The van der Waals surface area contributed by atoms with Crippen LogP contribution in [0.5, 0.6) is 0 Å². The van der Waals surface area contributed by atoms with Crippen LogP contribution in [0.4, 0.5) is 0 Å². The van der Waals surface area contributed by atoms with Crippen LogP contribution in [0.1, 0.15) is 44.4 Å². The van der Waals surface area contributed by atoms with Crippen molar-refractivity contribution >= 4 is 5.97 Å². The fourth-order valence-corrected chi connectivity index (χ4v) is 1.88. The number of aliphatic carboxylic acids is 1. The third-order valence-corrected chi connectivity index (χ3v) is 3.26. The fraction of sp³-hybridized carbons (Fsp3) is 0.533. The first-order valence-electron chi connectivity index (χ1n) is 6.70. The van der Waals surface area contributed by atoms with Gasteiger partial charge < -0.3 is 10.4 Å². The molecule has 2 N–H and O–H groups in total. The summed E-state index contributed by atoms with van der Waals surface area (Å²) in [5, 5.41) is 20.8. The molecule has 1 aromatic heterocycles. The number of nitrogens with zero attached hydrogens (tertiary/aromatic N) is 2. The standard InChI is InChI=1S/C15H21N3O2/c1-15(2,5-3-14(19)20)6-8-17-11-12-4-7-18-13(9-12)10-16/h4,7,9,17H,3,5-6,8,11H2,1-2H3,(H,19,20). The molecule has 0 amide bonds. The highest BCUT2D eigenvalue weighted by Gasteiger charge is 2.18. The van der Waals surface area contributed by atoms with Crippen molar-refractivity contribution in [2.24, 2.45) is 5.41 Å². The molecule has 108 valence electrons. The van der Waals surface area contributed by atoms with Gasteiger partial charge in [0.1, 0.15) is 11.8 Å². The Morgan fingerprint density at radius 1 is 1.50 bits per heavy atom. The first-order chi connectivity index (χ1) is 9.43. The Balaban J connectivity index is 2.30. The second kappa shape index (κ2) is 7.61. The second-order valence-corrected chi connectivity index (χ2v) is 5.65. The van der Waals surface area contributed by atoms with E-state index < -0.39 is 5.97 Å². The molecule has 0 saturated carbocycles. The number of rotatable bonds is 8. The molecule has 0 aliphatic carbocycles. The summed E-state index contributed by atoms with van der Waals surface area (Å²) in [6.07, 6.45) is 3.43. The number of aromatic nitrogens is 1. The summed E-state index contributed by atoms with van der Waals surface area (Å²) in [5.41, 5.74) is 1.47. The number of carboxylic acids is 1. The molecule has 0 spiro atoms. The number of nitrogens with one attached hydrogen (secondary N) is 1. The SMILES string of the molecule is CC(C)(CCNCc1ccnc(C#N)c1)CCC(=O)O. The molecule has 0 fully saturated rings. The van der Waals surface area contributed by atoms with Crippen LogP contribution in [0.2, 0.25) is 0 Å². The average molecular weight is 275 g/mol. The number of pyridine rings is 1. The topological polar surface area (TPSA) is 86.0 Å². The summed E-state index contributed by atoms with van der Waals surface area (Å²) >= 11 is 0. The van der Waals surface area contributed by atoms with Crippen molar-refractivity contribution in [2.75, 3.05) is 6.54 Å². The van der Waals surface area contributed by atoms with Crippen molar-refractivity contribution in [1.82, 2.24) is 10.3 Å². The molecular formula is C15H21N3O2. The van der Waals surface area contributed by atoms with E-state index in [1.165, 1.54) is 0 Å². The van der Waals surface area contributed by atoms with Gasteiger partial charge in [-0.05, 0) is 42.5 Å².